The van der Waals surface area contributed by atoms with Gasteiger partial charge in [-0.25, -0.2) is 4.79 Å². The Morgan fingerprint density at radius 2 is 1.59 bits per heavy atom. The number of epoxide rings is 2. The van der Waals surface area contributed by atoms with Gasteiger partial charge in [-0.15, -0.1) is 0 Å². The van der Waals surface area contributed by atoms with Crippen LogP contribution in [0.1, 0.15) is 72.1 Å². The molecule has 59 heavy (non-hydrogen) atoms. The Bertz CT molecular complexity index is 1560. The molecule has 0 bridgehead atoms. The van der Waals surface area contributed by atoms with Crippen LogP contribution in [0.3, 0.4) is 0 Å². The summed E-state index contributed by atoms with van der Waals surface area (Å²) in [7, 11) is 1.56. The molecule has 1 spiro atoms. The molecule has 4 rings (SSSR count). The van der Waals surface area contributed by atoms with Crippen molar-refractivity contribution in [2.75, 3.05) is 53.0 Å². The number of rotatable bonds is 22. The number of aliphatic hydroxyl groups excluding tert-OH is 1. The van der Waals surface area contributed by atoms with Gasteiger partial charge in [-0.1, -0.05) is 13.8 Å². The van der Waals surface area contributed by atoms with Gasteiger partial charge in [-0.05, 0) is 64.2 Å². The van der Waals surface area contributed by atoms with Gasteiger partial charge in [0.05, 0.1) is 38.3 Å². The highest BCUT2D eigenvalue weighted by atomic mass is 16.6. The molecule has 4 aliphatic rings. The Morgan fingerprint density at radius 1 is 0.932 bits per heavy atom. The van der Waals surface area contributed by atoms with Gasteiger partial charge >= 0.3 is 6.09 Å². The molecule has 0 radical (unpaired) electrons. The summed E-state index contributed by atoms with van der Waals surface area (Å²) in [5.74, 6) is -4.41. The number of ether oxygens (including phenoxy) is 4. The van der Waals surface area contributed by atoms with Crippen LogP contribution in [-0.4, -0.2) is 158 Å². The summed E-state index contributed by atoms with van der Waals surface area (Å²) in [6.45, 7) is 4.88. The zero-order valence-electron chi connectivity index (χ0n) is 34.3. The molecule has 3 heterocycles. The number of carbonyl (C=O) groups is 7. The maximum Gasteiger partial charge on any atom is 0.407 e. The standard InChI is InChI=1S/C37H62N10O12/c1-20(2)9-10-25-36(3,59-25)30-29(56-4)24(11-12-37(30)19-57-37)58-35(55)44-17-28(51)45-21(7-5-13-41-34(39)40)32(53)43-15-26(49)42-16-27(50)46-22(18-48)33(54)47-14-6-8-23(47)31(38)52/h20-25,29-30,48H,5-19H2,1-4H3,(H2,38,52)(H,42,49)(H,43,53)(H,44,55)(H,45,51)(H,46,50)(H4,39,40,41)/t21-,22-,23?,24+,25+,29+,30+,36-,37-/m0/s1. The Morgan fingerprint density at radius 3 is 2.20 bits per heavy atom. The zero-order valence-corrected chi connectivity index (χ0v) is 34.3. The maximum absolute atomic E-state index is 13.1. The van der Waals surface area contributed by atoms with Crippen LogP contribution < -0.4 is 43.4 Å². The van der Waals surface area contributed by atoms with Crippen molar-refractivity contribution in [1.29, 1.82) is 5.41 Å². The molecule has 4 fully saturated rings. The van der Waals surface area contributed by atoms with Gasteiger partial charge in [0.1, 0.15) is 48.1 Å². The quantitative estimate of drug-likeness (QED) is 0.0222. The van der Waals surface area contributed by atoms with Crippen LogP contribution in [0.2, 0.25) is 0 Å². The minimum Gasteiger partial charge on any atom is -0.443 e. The lowest BCUT2D eigenvalue weighted by atomic mass is 9.68. The first kappa shape index (κ1) is 46.9. The average molecular weight is 839 g/mol. The van der Waals surface area contributed by atoms with E-state index in [4.69, 9.17) is 35.8 Å². The van der Waals surface area contributed by atoms with E-state index < -0.39 is 109 Å². The summed E-state index contributed by atoms with van der Waals surface area (Å²) >= 11 is 0. The molecule has 3 saturated heterocycles. The van der Waals surface area contributed by atoms with Crippen molar-refractivity contribution in [1.82, 2.24) is 36.8 Å². The molecular weight excluding hydrogens is 776 g/mol. The largest absolute Gasteiger partial charge is 0.443 e. The van der Waals surface area contributed by atoms with E-state index in [9.17, 15) is 38.7 Å². The van der Waals surface area contributed by atoms with E-state index in [2.05, 4.69) is 52.7 Å². The van der Waals surface area contributed by atoms with Crippen molar-refractivity contribution in [2.45, 2.75) is 120 Å². The highest BCUT2D eigenvalue weighted by molar-refractivity contribution is 5.94. The molecule has 7 amide bonds. The first-order valence-electron chi connectivity index (χ1n) is 20.1. The van der Waals surface area contributed by atoms with E-state index in [1.54, 1.807) is 7.11 Å². The van der Waals surface area contributed by atoms with E-state index in [1.165, 1.54) is 4.90 Å². The number of alkyl carbamates (subject to hydrolysis) is 1. The predicted octanol–water partition coefficient (Wildman–Crippen LogP) is -3.20. The van der Waals surface area contributed by atoms with E-state index in [-0.39, 0.29) is 43.9 Å². The number of nitrogens with one attached hydrogen (secondary N) is 7. The Labute approximate surface area is 343 Å². The number of amides is 7. The van der Waals surface area contributed by atoms with Crippen LogP contribution >= 0.6 is 0 Å². The third-order valence-electron chi connectivity index (χ3n) is 11.3. The number of primary amides is 1. The number of hydrogen-bond donors (Lipinski definition) is 10. The Kier molecular flexibility index (Phi) is 16.6. The van der Waals surface area contributed by atoms with Crippen molar-refractivity contribution in [3.8, 4) is 0 Å². The van der Waals surface area contributed by atoms with Crippen molar-refractivity contribution in [3.05, 3.63) is 0 Å². The van der Waals surface area contributed by atoms with Crippen LogP contribution in [0, 0.1) is 17.2 Å². The fraction of sp³-hybridized carbons (Fsp3) is 0.784. The van der Waals surface area contributed by atoms with Crippen molar-refractivity contribution >= 4 is 47.5 Å². The molecule has 22 nitrogen and oxygen atoms in total. The second-order valence-corrected chi connectivity index (χ2v) is 16.1. The van der Waals surface area contributed by atoms with Gasteiger partial charge in [0.2, 0.25) is 35.4 Å². The van der Waals surface area contributed by atoms with Gasteiger partial charge in [-0.2, -0.15) is 0 Å². The minimum absolute atomic E-state index is 0.0403. The molecular formula is C37H62N10O12. The molecule has 3 aliphatic heterocycles. The van der Waals surface area contributed by atoms with Gasteiger partial charge in [-0.3, -0.25) is 34.2 Å². The molecule has 1 unspecified atom stereocenters. The SMILES string of the molecule is CO[C@@H]1[C@H](OC(=O)NCC(=O)N[C@@H](CCCNC(=N)N)C(=O)NCC(=O)NCC(=O)N[C@@H](CO)C(=O)N2CCCC2C(N)=O)CC[C@]2(CO2)[C@H]1[C@@]1(C)O[C@@H]1CCC(C)C. The Hall–Kier alpha value is -4.80. The van der Waals surface area contributed by atoms with Crippen molar-refractivity contribution in [3.63, 3.8) is 0 Å². The highest BCUT2D eigenvalue weighted by Gasteiger charge is 2.72. The summed E-state index contributed by atoms with van der Waals surface area (Å²) < 4.78 is 23.9. The lowest BCUT2D eigenvalue weighted by Gasteiger charge is -2.42. The Balaban J connectivity index is 1.24. The lowest BCUT2D eigenvalue weighted by Crippen LogP contribution is -2.56. The second kappa shape index (κ2) is 20.9. The minimum atomic E-state index is -1.37. The molecule has 0 aromatic heterocycles. The summed E-state index contributed by atoms with van der Waals surface area (Å²) in [5, 5.41) is 31.6. The second-order valence-electron chi connectivity index (χ2n) is 16.1. The van der Waals surface area contributed by atoms with Gasteiger partial charge in [0.25, 0.3) is 0 Å². The van der Waals surface area contributed by atoms with Crippen LogP contribution in [-0.2, 0) is 47.7 Å². The topological polar surface area (TPSA) is 335 Å². The normalized spacial score (nSPS) is 27.8. The average Bonchev–Trinajstić information content (AvgIpc) is 4.04. The van der Waals surface area contributed by atoms with E-state index in [1.807, 2.05) is 0 Å². The molecule has 0 aromatic rings. The predicted molar refractivity (Wildman–Crippen MR) is 208 cm³/mol. The molecule has 22 heteroatoms. The molecule has 332 valence electrons. The number of guanidine groups is 1. The number of aliphatic hydroxyl groups is 1. The first-order valence-corrected chi connectivity index (χ1v) is 20.1. The van der Waals surface area contributed by atoms with E-state index in [0.29, 0.717) is 38.2 Å². The van der Waals surface area contributed by atoms with Crippen LogP contribution in [0.15, 0.2) is 0 Å². The third-order valence-corrected chi connectivity index (χ3v) is 11.3. The fourth-order valence-corrected chi connectivity index (χ4v) is 8.14. The molecule has 1 saturated carbocycles. The molecule has 0 aromatic carbocycles. The fourth-order valence-electron chi connectivity index (χ4n) is 8.14. The lowest BCUT2D eigenvalue weighted by molar-refractivity contribution is -0.141. The van der Waals surface area contributed by atoms with E-state index >= 15 is 0 Å². The third kappa shape index (κ3) is 12.8. The summed E-state index contributed by atoms with van der Waals surface area (Å²) in [6.07, 6.45) is 2.30. The first-order chi connectivity index (χ1) is 27.9. The monoisotopic (exact) mass is 838 g/mol. The van der Waals surface area contributed by atoms with Crippen molar-refractivity contribution in [2.24, 2.45) is 23.3 Å². The summed E-state index contributed by atoms with van der Waals surface area (Å²) in [5.41, 5.74) is 9.80. The van der Waals surface area contributed by atoms with Crippen molar-refractivity contribution < 1.29 is 57.6 Å². The van der Waals surface area contributed by atoms with Crippen LogP contribution in [0.4, 0.5) is 4.79 Å². The number of likely N-dealkylation sites (tertiary alicyclic amines) is 1. The van der Waals surface area contributed by atoms with Gasteiger partial charge in [0, 0.05) is 20.2 Å². The van der Waals surface area contributed by atoms with Crippen LogP contribution in [0.25, 0.3) is 0 Å². The number of methoxy groups -OCH3 is 1. The molecule has 1 aliphatic carbocycles. The van der Waals surface area contributed by atoms with Gasteiger partial charge < -0.3 is 72.3 Å². The van der Waals surface area contributed by atoms with Crippen LogP contribution in [0.5, 0.6) is 0 Å². The number of carbonyl (C=O) groups excluding carboxylic acids is 7. The number of nitrogens with two attached hydrogens (primary N) is 2. The highest BCUT2D eigenvalue weighted by Crippen LogP contribution is 2.59. The maximum atomic E-state index is 13.1. The van der Waals surface area contributed by atoms with Gasteiger partial charge in [0.15, 0.2) is 5.96 Å². The zero-order chi connectivity index (χ0) is 43.5. The van der Waals surface area contributed by atoms with E-state index in [0.717, 1.165) is 12.8 Å². The molecule has 12 N–H and O–H groups in total. The number of hydrogen-bond acceptors (Lipinski definition) is 13. The smallest absolute Gasteiger partial charge is 0.407 e. The summed E-state index contributed by atoms with van der Waals surface area (Å²) in [6, 6.07) is -3.40. The molecule has 9 atom stereocenters. The number of nitrogens with zero attached hydrogens (tertiary/aromatic N) is 1. The summed E-state index contributed by atoms with van der Waals surface area (Å²) in [4.78, 5) is 89.8.